The zero-order valence-electron chi connectivity index (χ0n) is 15.8. The second kappa shape index (κ2) is 7.21. The highest BCUT2D eigenvalue weighted by Crippen LogP contribution is 2.31. The minimum Gasteiger partial charge on any atom is -0.338 e. The fraction of sp³-hybridized carbons (Fsp3) is 0.684. The van der Waals surface area contributed by atoms with Crippen LogP contribution in [0.25, 0.3) is 11.5 Å². The van der Waals surface area contributed by atoms with Crippen molar-refractivity contribution >= 4 is 5.91 Å². The van der Waals surface area contributed by atoms with Crippen LogP contribution in [0.3, 0.4) is 0 Å². The van der Waals surface area contributed by atoms with Crippen molar-refractivity contribution in [3.8, 4) is 11.5 Å². The molecule has 2 aromatic heterocycles. The first-order valence-corrected chi connectivity index (χ1v) is 9.88. The summed E-state index contributed by atoms with van der Waals surface area (Å²) in [4.78, 5) is 14.8. The average molecular weight is 356 g/mol. The Morgan fingerprint density at radius 3 is 2.88 bits per heavy atom. The van der Waals surface area contributed by atoms with Crippen molar-refractivity contribution < 1.29 is 4.79 Å². The van der Waals surface area contributed by atoms with Gasteiger partial charge in [-0.25, -0.2) is 0 Å². The minimum atomic E-state index is 0.286. The number of nitrogens with zero attached hydrogens (tertiary/aromatic N) is 6. The Morgan fingerprint density at radius 2 is 2.12 bits per heavy atom. The Kier molecular flexibility index (Phi) is 4.78. The molecule has 1 amide bonds. The molecule has 4 rings (SSSR count). The van der Waals surface area contributed by atoms with E-state index >= 15 is 0 Å². The smallest absolute Gasteiger partial charge is 0.222 e. The number of hydrogen-bond acceptors (Lipinski definition) is 4. The molecule has 0 atom stereocenters. The van der Waals surface area contributed by atoms with E-state index in [1.54, 1.807) is 6.33 Å². The summed E-state index contributed by atoms with van der Waals surface area (Å²) in [5, 5.41) is 13.0. The number of aromatic nitrogens is 5. The fourth-order valence-corrected chi connectivity index (χ4v) is 4.44. The maximum Gasteiger partial charge on any atom is 0.222 e. The summed E-state index contributed by atoms with van der Waals surface area (Å²) in [5.41, 5.74) is 3.22. The Bertz CT molecular complexity index is 786. The third kappa shape index (κ3) is 3.15. The molecule has 2 aliphatic rings. The molecule has 140 valence electrons. The third-order valence-corrected chi connectivity index (χ3v) is 6.00. The molecular weight excluding hydrogens is 328 g/mol. The Balaban J connectivity index is 1.51. The summed E-state index contributed by atoms with van der Waals surface area (Å²) in [6.07, 6.45) is 9.60. The van der Waals surface area contributed by atoms with Crippen molar-refractivity contribution in [1.82, 2.24) is 29.4 Å². The van der Waals surface area contributed by atoms with Crippen LogP contribution in [0.5, 0.6) is 0 Å². The molecule has 0 unspecified atom stereocenters. The number of carbonyl (C=O) groups is 1. The quantitative estimate of drug-likeness (QED) is 0.826. The van der Waals surface area contributed by atoms with Gasteiger partial charge in [0.2, 0.25) is 5.91 Å². The summed E-state index contributed by atoms with van der Waals surface area (Å²) in [6, 6.07) is 0. The maximum absolute atomic E-state index is 12.8. The first-order valence-electron chi connectivity index (χ1n) is 9.88. The molecule has 0 bridgehead atoms. The highest BCUT2D eigenvalue weighted by atomic mass is 16.2. The molecule has 7 nitrogen and oxygen atoms in total. The molecule has 1 saturated carbocycles. The Hall–Kier alpha value is -2.18. The van der Waals surface area contributed by atoms with Gasteiger partial charge in [0.25, 0.3) is 0 Å². The van der Waals surface area contributed by atoms with Gasteiger partial charge < -0.3 is 9.47 Å². The minimum absolute atomic E-state index is 0.286. The van der Waals surface area contributed by atoms with Gasteiger partial charge >= 0.3 is 0 Å². The normalized spacial score (nSPS) is 17.7. The molecule has 0 spiro atoms. The van der Waals surface area contributed by atoms with Crippen molar-refractivity contribution in [2.45, 2.75) is 65.0 Å². The number of fused-ring (bicyclic) bond motifs is 1. The van der Waals surface area contributed by atoms with Crippen molar-refractivity contribution in [3.05, 3.63) is 17.6 Å². The lowest BCUT2D eigenvalue weighted by Gasteiger charge is -2.28. The molecule has 3 heterocycles. The summed E-state index contributed by atoms with van der Waals surface area (Å²) in [5.74, 6) is 1.84. The van der Waals surface area contributed by atoms with Crippen LogP contribution < -0.4 is 0 Å². The predicted molar refractivity (Wildman–Crippen MR) is 98.2 cm³/mol. The first kappa shape index (κ1) is 17.2. The van der Waals surface area contributed by atoms with Gasteiger partial charge in [-0.2, -0.15) is 5.10 Å². The molecule has 0 N–H and O–H groups in total. The standard InChI is InChI=1S/C19H28N6O/c1-3-24-13-20-21-19(24)18-15-12-25(11-10-16(15)23(2)22-18)17(26)9-8-14-6-4-5-7-14/h13-14H,3-12H2,1-2H3. The maximum atomic E-state index is 12.8. The van der Waals surface area contributed by atoms with Crippen molar-refractivity contribution in [1.29, 1.82) is 0 Å². The molecule has 1 aliphatic heterocycles. The van der Waals surface area contributed by atoms with E-state index in [0.717, 1.165) is 48.9 Å². The van der Waals surface area contributed by atoms with Gasteiger partial charge in [-0.15, -0.1) is 10.2 Å². The van der Waals surface area contributed by atoms with Gasteiger partial charge in [0.05, 0.1) is 0 Å². The molecule has 0 aromatic carbocycles. The van der Waals surface area contributed by atoms with E-state index in [1.165, 1.54) is 31.4 Å². The SMILES string of the molecule is CCn1cnnc1-c1nn(C)c2c1CN(C(=O)CCC1CCCC1)CC2. The molecule has 2 aromatic rings. The Morgan fingerprint density at radius 1 is 1.31 bits per heavy atom. The molecule has 7 heteroatoms. The van der Waals surface area contributed by atoms with Gasteiger partial charge in [-0.1, -0.05) is 25.7 Å². The lowest BCUT2D eigenvalue weighted by molar-refractivity contribution is -0.132. The second-order valence-electron chi connectivity index (χ2n) is 7.59. The van der Waals surface area contributed by atoms with Crippen molar-refractivity contribution in [2.75, 3.05) is 6.54 Å². The number of rotatable bonds is 5. The van der Waals surface area contributed by atoms with Crippen LogP contribution in [0, 0.1) is 5.92 Å². The van der Waals surface area contributed by atoms with Crippen LogP contribution in [0.15, 0.2) is 6.33 Å². The van der Waals surface area contributed by atoms with Gasteiger partial charge in [0.15, 0.2) is 5.82 Å². The average Bonchev–Trinajstić information content (AvgIpc) is 3.39. The number of aryl methyl sites for hydroxylation is 2. The van der Waals surface area contributed by atoms with Crippen LogP contribution in [-0.2, 0) is 31.4 Å². The van der Waals surface area contributed by atoms with E-state index < -0.39 is 0 Å². The summed E-state index contributed by atoms with van der Waals surface area (Å²) in [7, 11) is 1.98. The van der Waals surface area contributed by atoms with Crippen LogP contribution in [0.1, 0.15) is 56.7 Å². The number of hydrogen-bond donors (Lipinski definition) is 0. The zero-order chi connectivity index (χ0) is 18.1. The van der Waals surface area contributed by atoms with Crippen LogP contribution in [-0.4, -0.2) is 41.9 Å². The van der Waals surface area contributed by atoms with Crippen molar-refractivity contribution in [2.24, 2.45) is 13.0 Å². The number of amides is 1. The van der Waals surface area contributed by atoms with E-state index in [0.29, 0.717) is 13.0 Å². The molecule has 26 heavy (non-hydrogen) atoms. The molecule has 1 aliphatic carbocycles. The summed E-state index contributed by atoms with van der Waals surface area (Å²) in [6.45, 7) is 4.30. The lowest BCUT2D eigenvalue weighted by Crippen LogP contribution is -2.36. The van der Waals surface area contributed by atoms with Crippen molar-refractivity contribution in [3.63, 3.8) is 0 Å². The van der Waals surface area contributed by atoms with E-state index in [9.17, 15) is 4.79 Å². The predicted octanol–water partition coefficient (Wildman–Crippen LogP) is 2.55. The number of carbonyl (C=O) groups excluding carboxylic acids is 1. The largest absolute Gasteiger partial charge is 0.338 e. The lowest BCUT2D eigenvalue weighted by atomic mass is 10.00. The second-order valence-corrected chi connectivity index (χ2v) is 7.59. The van der Waals surface area contributed by atoms with Crippen LogP contribution in [0.2, 0.25) is 0 Å². The van der Waals surface area contributed by atoms with E-state index in [1.807, 2.05) is 21.2 Å². The van der Waals surface area contributed by atoms with Gasteiger partial charge in [-0.05, 0) is 19.3 Å². The topological polar surface area (TPSA) is 68.8 Å². The van der Waals surface area contributed by atoms with E-state index in [4.69, 9.17) is 5.10 Å². The third-order valence-electron chi connectivity index (χ3n) is 6.00. The molecule has 0 radical (unpaired) electrons. The Labute approximate surface area is 154 Å². The molecule has 0 saturated heterocycles. The van der Waals surface area contributed by atoms with Gasteiger partial charge in [0, 0.05) is 50.8 Å². The van der Waals surface area contributed by atoms with E-state index in [-0.39, 0.29) is 5.91 Å². The van der Waals surface area contributed by atoms with Crippen LogP contribution in [0.4, 0.5) is 0 Å². The fourth-order valence-electron chi connectivity index (χ4n) is 4.44. The highest BCUT2D eigenvalue weighted by molar-refractivity contribution is 5.77. The molecule has 1 fully saturated rings. The summed E-state index contributed by atoms with van der Waals surface area (Å²) < 4.78 is 3.95. The zero-order valence-corrected chi connectivity index (χ0v) is 15.8. The summed E-state index contributed by atoms with van der Waals surface area (Å²) >= 11 is 0. The monoisotopic (exact) mass is 356 g/mol. The van der Waals surface area contributed by atoms with Crippen LogP contribution >= 0.6 is 0 Å². The molecular formula is C19H28N6O. The first-order chi connectivity index (χ1) is 12.7. The highest BCUT2D eigenvalue weighted by Gasteiger charge is 2.29. The van der Waals surface area contributed by atoms with E-state index in [2.05, 4.69) is 17.1 Å². The van der Waals surface area contributed by atoms with Gasteiger partial charge in [-0.3, -0.25) is 9.48 Å². The van der Waals surface area contributed by atoms with Gasteiger partial charge in [0.1, 0.15) is 12.0 Å².